The van der Waals surface area contributed by atoms with Gasteiger partial charge in [0.15, 0.2) is 0 Å². The molecule has 0 saturated carbocycles. The second-order valence-electron chi connectivity index (χ2n) is 5.54. The van der Waals surface area contributed by atoms with E-state index in [0.717, 1.165) is 24.7 Å². The number of aryl methyl sites for hydroxylation is 1. The molecule has 1 unspecified atom stereocenters. The number of rotatable bonds is 6. The van der Waals surface area contributed by atoms with Gasteiger partial charge in [0.25, 0.3) is 0 Å². The highest BCUT2D eigenvalue weighted by Gasteiger charge is 2.01. The predicted molar refractivity (Wildman–Crippen MR) is 109 cm³/mol. The van der Waals surface area contributed by atoms with Crippen molar-refractivity contribution in [1.82, 2.24) is 0 Å². The van der Waals surface area contributed by atoms with E-state index in [9.17, 15) is 0 Å². The van der Waals surface area contributed by atoms with Crippen LogP contribution in [0.5, 0.6) is 5.75 Å². The highest BCUT2D eigenvalue weighted by atomic mass is 16.5. The van der Waals surface area contributed by atoms with Crippen molar-refractivity contribution in [3.63, 3.8) is 0 Å². The van der Waals surface area contributed by atoms with Crippen molar-refractivity contribution in [3.8, 4) is 16.9 Å². The van der Waals surface area contributed by atoms with E-state index in [-0.39, 0.29) is 0 Å². The van der Waals surface area contributed by atoms with Crippen molar-refractivity contribution in [3.05, 3.63) is 54.1 Å². The van der Waals surface area contributed by atoms with E-state index < -0.39 is 0 Å². The molecule has 2 aromatic rings. The standard InChI is InChI=1S/C19H24O.2C2H6/c1-4-15(2)13-14-20-19-11-9-18(10-12-19)17-7-5-16(3)6-8-17;2*1-2/h5-12,15H,4,13-14H2,1-3H3;2*1-2H3. The van der Waals surface area contributed by atoms with Gasteiger partial charge in [0.2, 0.25) is 0 Å². The molecule has 0 aliphatic carbocycles. The fourth-order valence-corrected chi connectivity index (χ4v) is 2.07. The van der Waals surface area contributed by atoms with Crippen molar-refractivity contribution < 1.29 is 4.74 Å². The third-order valence-corrected chi connectivity index (χ3v) is 3.82. The Bertz CT molecular complexity index is 511. The lowest BCUT2D eigenvalue weighted by atomic mass is 10.0. The molecule has 0 bridgehead atoms. The van der Waals surface area contributed by atoms with Crippen molar-refractivity contribution in [2.24, 2.45) is 5.92 Å². The van der Waals surface area contributed by atoms with Crippen LogP contribution in [0.1, 0.15) is 59.9 Å². The van der Waals surface area contributed by atoms with Crippen LogP contribution in [-0.4, -0.2) is 6.61 Å². The maximum Gasteiger partial charge on any atom is 0.119 e. The summed E-state index contributed by atoms with van der Waals surface area (Å²) in [7, 11) is 0. The van der Waals surface area contributed by atoms with Crippen LogP contribution in [0, 0.1) is 12.8 Å². The summed E-state index contributed by atoms with van der Waals surface area (Å²) in [5, 5.41) is 0. The SMILES string of the molecule is CC.CC.CCC(C)CCOc1ccc(-c2ccc(C)cc2)cc1. The summed E-state index contributed by atoms with van der Waals surface area (Å²) in [5.74, 6) is 1.70. The van der Waals surface area contributed by atoms with Gasteiger partial charge in [-0.1, -0.05) is 89.9 Å². The molecule has 2 aromatic carbocycles. The summed E-state index contributed by atoms with van der Waals surface area (Å²) in [6.07, 6.45) is 2.34. The first-order valence-corrected chi connectivity index (χ1v) is 9.49. The first-order valence-electron chi connectivity index (χ1n) is 9.49. The maximum absolute atomic E-state index is 5.79. The lowest BCUT2D eigenvalue weighted by molar-refractivity contribution is 0.282. The Kier molecular flexibility index (Phi) is 12.7. The molecule has 2 rings (SSSR count). The molecule has 1 nitrogen and oxygen atoms in total. The molecule has 134 valence electrons. The minimum Gasteiger partial charge on any atom is -0.494 e. The minimum absolute atomic E-state index is 0.738. The maximum atomic E-state index is 5.79. The van der Waals surface area contributed by atoms with Gasteiger partial charge in [0, 0.05) is 0 Å². The molecule has 0 amide bonds. The van der Waals surface area contributed by atoms with Gasteiger partial charge < -0.3 is 4.74 Å². The molecule has 0 aliphatic heterocycles. The van der Waals surface area contributed by atoms with Crippen LogP contribution >= 0.6 is 0 Å². The summed E-state index contributed by atoms with van der Waals surface area (Å²) in [6, 6.07) is 17.0. The Hall–Kier alpha value is -1.76. The Morgan fingerprint density at radius 2 is 1.25 bits per heavy atom. The van der Waals surface area contributed by atoms with Crippen molar-refractivity contribution >= 4 is 0 Å². The molecular formula is C23H36O. The van der Waals surface area contributed by atoms with Gasteiger partial charge in [-0.3, -0.25) is 0 Å². The average molecular weight is 329 g/mol. The molecular weight excluding hydrogens is 292 g/mol. The average Bonchev–Trinajstić information content (AvgIpc) is 2.66. The molecule has 0 aromatic heterocycles. The van der Waals surface area contributed by atoms with Gasteiger partial charge in [0.05, 0.1) is 6.61 Å². The van der Waals surface area contributed by atoms with E-state index in [4.69, 9.17) is 4.74 Å². The van der Waals surface area contributed by atoms with E-state index in [1.807, 2.05) is 27.7 Å². The Morgan fingerprint density at radius 1 is 0.792 bits per heavy atom. The van der Waals surface area contributed by atoms with Crippen molar-refractivity contribution in [2.75, 3.05) is 6.61 Å². The Morgan fingerprint density at radius 3 is 1.71 bits per heavy atom. The predicted octanol–water partition coefficient (Wildman–Crippen LogP) is 7.53. The highest BCUT2D eigenvalue weighted by Crippen LogP contribution is 2.23. The number of ether oxygens (including phenoxy) is 1. The summed E-state index contributed by atoms with van der Waals surface area (Å²) >= 11 is 0. The summed E-state index contributed by atoms with van der Waals surface area (Å²) in [6.45, 7) is 15.4. The molecule has 1 atom stereocenters. The number of hydrogen-bond acceptors (Lipinski definition) is 1. The van der Waals surface area contributed by atoms with Crippen LogP contribution in [0.15, 0.2) is 48.5 Å². The Labute approximate surface area is 150 Å². The van der Waals surface area contributed by atoms with Crippen LogP contribution in [-0.2, 0) is 0 Å². The second-order valence-corrected chi connectivity index (χ2v) is 5.54. The van der Waals surface area contributed by atoms with E-state index >= 15 is 0 Å². The zero-order valence-electron chi connectivity index (χ0n) is 16.7. The minimum atomic E-state index is 0.738. The molecule has 0 N–H and O–H groups in total. The molecule has 0 spiro atoms. The van der Waals surface area contributed by atoms with E-state index in [0.29, 0.717) is 0 Å². The molecule has 0 heterocycles. The monoisotopic (exact) mass is 328 g/mol. The first kappa shape index (κ1) is 22.2. The van der Waals surface area contributed by atoms with Gasteiger partial charge in [0.1, 0.15) is 5.75 Å². The number of hydrogen-bond donors (Lipinski definition) is 0. The summed E-state index contributed by atoms with van der Waals surface area (Å²) in [4.78, 5) is 0. The highest BCUT2D eigenvalue weighted by molar-refractivity contribution is 5.64. The second kappa shape index (κ2) is 13.7. The number of benzene rings is 2. The summed E-state index contributed by atoms with van der Waals surface area (Å²) < 4.78 is 5.79. The third-order valence-electron chi connectivity index (χ3n) is 3.82. The lowest BCUT2D eigenvalue weighted by Crippen LogP contribution is -2.03. The smallest absolute Gasteiger partial charge is 0.119 e. The third kappa shape index (κ3) is 8.19. The van der Waals surface area contributed by atoms with Gasteiger partial charge in [-0.25, -0.2) is 0 Å². The summed E-state index contributed by atoms with van der Waals surface area (Å²) in [5.41, 5.74) is 3.78. The molecule has 1 heteroatoms. The van der Waals surface area contributed by atoms with E-state index in [2.05, 4.69) is 69.3 Å². The van der Waals surface area contributed by atoms with Gasteiger partial charge >= 0.3 is 0 Å². The van der Waals surface area contributed by atoms with E-state index in [1.54, 1.807) is 0 Å². The fraction of sp³-hybridized carbons (Fsp3) is 0.478. The van der Waals surface area contributed by atoms with Crippen LogP contribution in [0.4, 0.5) is 0 Å². The van der Waals surface area contributed by atoms with Crippen molar-refractivity contribution in [1.29, 1.82) is 0 Å². The van der Waals surface area contributed by atoms with Gasteiger partial charge in [-0.15, -0.1) is 0 Å². The zero-order valence-corrected chi connectivity index (χ0v) is 16.7. The topological polar surface area (TPSA) is 9.23 Å². The molecule has 0 fully saturated rings. The zero-order chi connectivity index (χ0) is 18.4. The van der Waals surface area contributed by atoms with Gasteiger partial charge in [-0.2, -0.15) is 0 Å². The van der Waals surface area contributed by atoms with Crippen molar-refractivity contribution in [2.45, 2.75) is 61.3 Å². The largest absolute Gasteiger partial charge is 0.494 e. The van der Waals surface area contributed by atoms with Crippen LogP contribution in [0.25, 0.3) is 11.1 Å². The van der Waals surface area contributed by atoms with Crippen LogP contribution < -0.4 is 4.74 Å². The van der Waals surface area contributed by atoms with Crippen LogP contribution in [0.3, 0.4) is 0 Å². The van der Waals surface area contributed by atoms with Gasteiger partial charge in [-0.05, 0) is 42.5 Å². The normalized spacial score (nSPS) is 10.6. The van der Waals surface area contributed by atoms with E-state index in [1.165, 1.54) is 23.1 Å². The molecule has 24 heavy (non-hydrogen) atoms. The first-order chi connectivity index (χ1) is 11.7. The molecule has 0 aliphatic rings. The van der Waals surface area contributed by atoms with Crippen LogP contribution in [0.2, 0.25) is 0 Å². The molecule has 0 radical (unpaired) electrons. The Balaban J connectivity index is 0.00000123. The quantitative estimate of drug-likeness (QED) is 0.532. The fourth-order valence-electron chi connectivity index (χ4n) is 2.07. The molecule has 0 saturated heterocycles. The lowest BCUT2D eigenvalue weighted by Gasteiger charge is -2.10.